The molecule has 0 aliphatic rings. The Morgan fingerprint density at radius 2 is 1.92 bits per heavy atom. The van der Waals surface area contributed by atoms with Gasteiger partial charge in [-0.2, -0.15) is 0 Å². The van der Waals surface area contributed by atoms with Gasteiger partial charge < -0.3 is 25.1 Å². The first-order chi connectivity index (χ1) is 6.18. The lowest BCUT2D eigenvalue weighted by Gasteiger charge is -2.26. The SMILES string of the molecule is COCCC(O)(COC)OCCN. The molecule has 0 radical (unpaired) electrons. The minimum atomic E-state index is -1.27. The summed E-state index contributed by atoms with van der Waals surface area (Å²) in [4.78, 5) is 0. The number of methoxy groups -OCH3 is 2. The average molecular weight is 193 g/mol. The predicted octanol–water partition coefficient (Wildman–Crippen LogP) is -0.667. The summed E-state index contributed by atoms with van der Waals surface area (Å²) in [6, 6.07) is 0. The molecule has 3 N–H and O–H groups in total. The van der Waals surface area contributed by atoms with Crippen LogP contribution in [0.15, 0.2) is 0 Å². The zero-order chi connectivity index (χ0) is 10.2. The number of aliphatic hydroxyl groups is 1. The van der Waals surface area contributed by atoms with E-state index in [-0.39, 0.29) is 6.61 Å². The van der Waals surface area contributed by atoms with Crippen molar-refractivity contribution in [3.63, 3.8) is 0 Å². The molecule has 0 spiro atoms. The van der Waals surface area contributed by atoms with Gasteiger partial charge in [0.2, 0.25) is 0 Å². The van der Waals surface area contributed by atoms with Gasteiger partial charge in [0.05, 0.1) is 13.2 Å². The fraction of sp³-hybridized carbons (Fsp3) is 1.00. The normalized spacial score (nSPS) is 15.7. The molecule has 0 amide bonds. The van der Waals surface area contributed by atoms with Crippen LogP contribution in [0.2, 0.25) is 0 Å². The van der Waals surface area contributed by atoms with Crippen molar-refractivity contribution in [2.45, 2.75) is 12.2 Å². The van der Waals surface area contributed by atoms with E-state index in [1.165, 1.54) is 7.11 Å². The summed E-state index contributed by atoms with van der Waals surface area (Å²) in [5.41, 5.74) is 5.25. The molecule has 0 rings (SSSR count). The Balaban J connectivity index is 3.84. The third-order valence-electron chi connectivity index (χ3n) is 1.56. The van der Waals surface area contributed by atoms with Crippen molar-refractivity contribution >= 4 is 0 Å². The molecule has 0 saturated heterocycles. The first-order valence-corrected chi connectivity index (χ1v) is 4.23. The maximum atomic E-state index is 9.79. The van der Waals surface area contributed by atoms with Crippen LogP contribution in [0.3, 0.4) is 0 Å². The van der Waals surface area contributed by atoms with Crippen LogP contribution in [0, 0.1) is 0 Å². The van der Waals surface area contributed by atoms with Crippen molar-refractivity contribution in [2.75, 3.05) is 40.6 Å². The molecule has 0 aromatic rings. The van der Waals surface area contributed by atoms with Crippen LogP contribution in [-0.4, -0.2) is 51.5 Å². The Kier molecular flexibility index (Phi) is 7.12. The molecule has 0 bridgehead atoms. The van der Waals surface area contributed by atoms with Crippen molar-refractivity contribution in [3.05, 3.63) is 0 Å². The third kappa shape index (κ3) is 5.95. The molecule has 1 atom stereocenters. The molecular formula is C8H19NO4. The van der Waals surface area contributed by atoms with Crippen LogP contribution in [0.1, 0.15) is 6.42 Å². The van der Waals surface area contributed by atoms with Crippen LogP contribution in [-0.2, 0) is 14.2 Å². The second kappa shape index (κ2) is 7.23. The second-order valence-electron chi connectivity index (χ2n) is 2.76. The minimum Gasteiger partial charge on any atom is -0.384 e. The molecule has 0 aliphatic heterocycles. The molecule has 5 heteroatoms. The number of hydrogen-bond acceptors (Lipinski definition) is 5. The van der Waals surface area contributed by atoms with E-state index < -0.39 is 5.79 Å². The van der Waals surface area contributed by atoms with Gasteiger partial charge in [-0.05, 0) is 0 Å². The standard InChI is InChI=1S/C8H19NO4/c1-11-5-3-8(10,7-12-2)13-6-4-9/h10H,3-7,9H2,1-2H3. The average Bonchev–Trinajstić information content (AvgIpc) is 2.12. The van der Waals surface area contributed by atoms with Gasteiger partial charge in [0.15, 0.2) is 5.79 Å². The quantitative estimate of drug-likeness (QED) is 0.500. The Morgan fingerprint density at radius 3 is 2.38 bits per heavy atom. The van der Waals surface area contributed by atoms with Gasteiger partial charge in [-0.3, -0.25) is 0 Å². The lowest BCUT2D eigenvalue weighted by atomic mass is 10.2. The number of hydrogen-bond donors (Lipinski definition) is 2. The van der Waals surface area contributed by atoms with Crippen LogP contribution in [0.5, 0.6) is 0 Å². The largest absolute Gasteiger partial charge is 0.384 e. The van der Waals surface area contributed by atoms with E-state index in [2.05, 4.69) is 0 Å². The number of nitrogens with two attached hydrogens (primary N) is 1. The first kappa shape index (κ1) is 12.8. The van der Waals surface area contributed by atoms with Gasteiger partial charge >= 0.3 is 0 Å². The van der Waals surface area contributed by atoms with Crippen molar-refractivity contribution in [3.8, 4) is 0 Å². The van der Waals surface area contributed by atoms with E-state index in [9.17, 15) is 5.11 Å². The van der Waals surface area contributed by atoms with E-state index in [4.69, 9.17) is 19.9 Å². The van der Waals surface area contributed by atoms with Gasteiger partial charge in [0.25, 0.3) is 0 Å². The summed E-state index contributed by atoms with van der Waals surface area (Å²) in [7, 11) is 3.07. The molecule has 0 fully saturated rings. The highest BCUT2D eigenvalue weighted by molar-refractivity contribution is 4.66. The predicted molar refractivity (Wildman–Crippen MR) is 48.3 cm³/mol. The maximum Gasteiger partial charge on any atom is 0.191 e. The van der Waals surface area contributed by atoms with Crippen molar-refractivity contribution < 1.29 is 19.3 Å². The fourth-order valence-corrected chi connectivity index (χ4v) is 0.922. The molecule has 13 heavy (non-hydrogen) atoms. The molecule has 0 aromatic heterocycles. The Labute approximate surface area is 78.8 Å². The van der Waals surface area contributed by atoms with Gasteiger partial charge in [-0.25, -0.2) is 0 Å². The zero-order valence-electron chi connectivity index (χ0n) is 8.28. The third-order valence-corrected chi connectivity index (χ3v) is 1.56. The van der Waals surface area contributed by atoms with Crippen LogP contribution in [0.25, 0.3) is 0 Å². The van der Waals surface area contributed by atoms with Gasteiger partial charge in [-0.15, -0.1) is 0 Å². The molecule has 0 heterocycles. The van der Waals surface area contributed by atoms with E-state index in [0.717, 1.165) is 0 Å². The van der Waals surface area contributed by atoms with Gasteiger partial charge in [0.1, 0.15) is 6.61 Å². The Hall–Kier alpha value is -0.200. The van der Waals surface area contributed by atoms with Crippen molar-refractivity contribution in [2.24, 2.45) is 5.73 Å². The maximum absolute atomic E-state index is 9.79. The Bertz CT molecular complexity index is 113. The fourth-order valence-electron chi connectivity index (χ4n) is 0.922. The van der Waals surface area contributed by atoms with Crippen LogP contribution < -0.4 is 5.73 Å². The summed E-state index contributed by atoms with van der Waals surface area (Å²) in [6.45, 7) is 1.23. The highest BCUT2D eigenvalue weighted by atomic mass is 16.6. The molecular weight excluding hydrogens is 174 g/mol. The minimum absolute atomic E-state index is 0.121. The van der Waals surface area contributed by atoms with Crippen molar-refractivity contribution in [1.82, 2.24) is 0 Å². The molecule has 0 saturated carbocycles. The lowest BCUT2D eigenvalue weighted by molar-refractivity contribution is -0.234. The van der Waals surface area contributed by atoms with Gasteiger partial charge in [-0.1, -0.05) is 0 Å². The van der Waals surface area contributed by atoms with Crippen LogP contribution in [0.4, 0.5) is 0 Å². The molecule has 0 aromatic carbocycles. The van der Waals surface area contributed by atoms with Gasteiger partial charge in [0, 0.05) is 27.2 Å². The number of ether oxygens (including phenoxy) is 3. The molecule has 80 valence electrons. The highest BCUT2D eigenvalue weighted by Gasteiger charge is 2.27. The van der Waals surface area contributed by atoms with E-state index in [1.807, 2.05) is 0 Å². The van der Waals surface area contributed by atoms with E-state index in [1.54, 1.807) is 7.11 Å². The monoisotopic (exact) mass is 193 g/mol. The lowest BCUT2D eigenvalue weighted by Crippen LogP contribution is -2.40. The molecule has 0 aliphatic carbocycles. The topological polar surface area (TPSA) is 73.9 Å². The summed E-state index contributed by atoms with van der Waals surface area (Å²) in [5.74, 6) is -1.27. The highest BCUT2D eigenvalue weighted by Crippen LogP contribution is 2.12. The summed E-state index contributed by atoms with van der Waals surface area (Å²) in [5, 5.41) is 9.79. The number of rotatable bonds is 8. The van der Waals surface area contributed by atoms with Crippen molar-refractivity contribution in [1.29, 1.82) is 0 Å². The molecule has 1 unspecified atom stereocenters. The second-order valence-corrected chi connectivity index (χ2v) is 2.76. The van der Waals surface area contributed by atoms with E-state index >= 15 is 0 Å². The summed E-state index contributed by atoms with van der Waals surface area (Å²) >= 11 is 0. The van der Waals surface area contributed by atoms with Crippen LogP contribution >= 0.6 is 0 Å². The molecule has 5 nitrogen and oxygen atoms in total. The zero-order valence-corrected chi connectivity index (χ0v) is 8.28. The van der Waals surface area contributed by atoms with E-state index in [0.29, 0.717) is 26.2 Å². The smallest absolute Gasteiger partial charge is 0.191 e. The summed E-state index contributed by atoms with van der Waals surface area (Å²) in [6.07, 6.45) is 0.372. The Morgan fingerprint density at radius 1 is 1.23 bits per heavy atom. The summed E-state index contributed by atoms with van der Waals surface area (Å²) < 4.78 is 14.8. The first-order valence-electron chi connectivity index (χ1n) is 4.23.